The first-order valence-corrected chi connectivity index (χ1v) is 10.6. The van der Waals surface area contributed by atoms with E-state index < -0.39 is 30.1 Å². The number of halogens is 2. The summed E-state index contributed by atoms with van der Waals surface area (Å²) in [5.41, 5.74) is 0.806. The largest absolute Gasteiger partial charge is 0.444 e. The molecule has 8 nitrogen and oxygen atoms in total. The Bertz CT molecular complexity index is 1130. The zero-order valence-corrected chi connectivity index (χ0v) is 18.8. The van der Waals surface area contributed by atoms with E-state index in [-0.39, 0.29) is 30.7 Å². The van der Waals surface area contributed by atoms with Gasteiger partial charge in [-0.3, -0.25) is 4.68 Å². The molecular weight excluding hydrogens is 420 g/mol. The Labute approximate surface area is 184 Å². The van der Waals surface area contributed by atoms with E-state index in [1.807, 2.05) is 36.7 Å². The summed E-state index contributed by atoms with van der Waals surface area (Å²) >= 11 is 0. The molecule has 0 spiro atoms. The van der Waals surface area contributed by atoms with Gasteiger partial charge in [-0.1, -0.05) is 17.3 Å². The normalized spacial score (nSPS) is 19.0. The second-order valence-electron chi connectivity index (χ2n) is 9.42. The van der Waals surface area contributed by atoms with Crippen LogP contribution in [0.3, 0.4) is 0 Å². The van der Waals surface area contributed by atoms with Crippen LogP contribution in [-0.4, -0.2) is 55.5 Å². The van der Waals surface area contributed by atoms with Crippen molar-refractivity contribution in [2.24, 2.45) is 0 Å². The number of amides is 1. The van der Waals surface area contributed by atoms with Gasteiger partial charge in [-0.2, -0.15) is 10.1 Å². The number of benzene rings is 1. The monoisotopic (exact) mass is 447 g/mol. The van der Waals surface area contributed by atoms with E-state index in [9.17, 15) is 13.6 Å². The molecule has 1 aliphatic rings. The van der Waals surface area contributed by atoms with Crippen molar-refractivity contribution in [3.05, 3.63) is 30.3 Å². The number of likely N-dealkylation sites (tertiary alicyclic amines) is 1. The summed E-state index contributed by atoms with van der Waals surface area (Å²) in [6.07, 6.45) is 1.02. The van der Waals surface area contributed by atoms with Crippen LogP contribution >= 0.6 is 0 Å². The van der Waals surface area contributed by atoms with Crippen LogP contribution in [0.2, 0.25) is 0 Å². The van der Waals surface area contributed by atoms with Gasteiger partial charge in [-0.15, -0.1) is 0 Å². The quantitative estimate of drug-likeness (QED) is 0.560. The van der Waals surface area contributed by atoms with Crippen LogP contribution in [0.5, 0.6) is 0 Å². The van der Waals surface area contributed by atoms with Crippen molar-refractivity contribution in [3.63, 3.8) is 0 Å². The summed E-state index contributed by atoms with van der Waals surface area (Å²) < 4.78 is 42.2. The van der Waals surface area contributed by atoms with Crippen LogP contribution in [0.15, 0.2) is 28.9 Å². The molecule has 1 amide bonds. The summed E-state index contributed by atoms with van der Waals surface area (Å²) in [7, 11) is 0. The van der Waals surface area contributed by atoms with Gasteiger partial charge in [0.1, 0.15) is 11.5 Å². The molecule has 172 valence electrons. The number of aromatic nitrogens is 4. The molecule has 0 bridgehead atoms. The van der Waals surface area contributed by atoms with Crippen molar-refractivity contribution in [1.82, 2.24) is 24.8 Å². The van der Waals surface area contributed by atoms with Crippen molar-refractivity contribution in [2.75, 3.05) is 13.1 Å². The summed E-state index contributed by atoms with van der Waals surface area (Å²) in [6, 6.07) is 5.74. The fourth-order valence-electron chi connectivity index (χ4n) is 3.81. The molecular formula is C22H27F2N5O3. The Hall–Kier alpha value is -3.04. The fraction of sp³-hybridized carbons (Fsp3) is 0.545. The van der Waals surface area contributed by atoms with Gasteiger partial charge in [0.2, 0.25) is 11.7 Å². The van der Waals surface area contributed by atoms with Crippen molar-refractivity contribution in [1.29, 1.82) is 0 Å². The van der Waals surface area contributed by atoms with E-state index in [0.717, 1.165) is 15.8 Å². The van der Waals surface area contributed by atoms with Gasteiger partial charge in [0.15, 0.2) is 0 Å². The maximum Gasteiger partial charge on any atom is 0.410 e. The third-order valence-electron chi connectivity index (χ3n) is 5.34. The summed E-state index contributed by atoms with van der Waals surface area (Å²) in [6.45, 7) is 8.49. The molecule has 4 rings (SSSR count). The average molecular weight is 447 g/mol. The first-order chi connectivity index (χ1) is 14.9. The highest BCUT2D eigenvalue weighted by molar-refractivity contribution is 5.83. The van der Waals surface area contributed by atoms with E-state index in [0.29, 0.717) is 5.56 Å². The van der Waals surface area contributed by atoms with E-state index in [4.69, 9.17) is 9.26 Å². The number of hydrogen-bond acceptors (Lipinski definition) is 6. The lowest BCUT2D eigenvalue weighted by molar-refractivity contribution is -0.0911. The molecule has 10 heteroatoms. The maximum absolute atomic E-state index is 14.9. The smallest absolute Gasteiger partial charge is 0.410 e. The molecule has 32 heavy (non-hydrogen) atoms. The van der Waals surface area contributed by atoms with E-state index in [2.05, 4.69) is 15.2 Å². The molecule has 1 unspecified atom stereocenters. The minimum Gasteiger partial charge on any atom is -0.444 e. The van der Waals surface area contributed by atoms with Crippen LogP contribution in [0.25, 0.3) is 22.3 Å². The lowest BCUT2D eigenvalue weighted by Gasteiger charge is -2.37. The highest BCUT2D eigenvalue weighted by Gasteiger charge is 2.50. The minimum atomic E-state index is -3.22. The molecule has 1 aromatic carbocycles. The molecule has 0 aliphatic carbocycles. The van der Waals surface area contributed by atoms with Gasteiger partial charge in [0, 0.05) is 23.5 Å². The average Bonchev–Trinajstić information content (AvgIpc) is 3.32. The van der Waals surface area contributed by atoms with Crippen LogP contribution in [-0.2, 0) is 4.74 Å². The Kier molecular flexibility index (Phi) is 5.42. The summed E-state index contributed by atoms with van der Waals surface area (Å²) in [4.78, 5) is 17.5. The standard InChI is InChI=1S/C22H27F2N5O3/c1-13(2)29-17-10-14(6-7-15(17)11-25-29)18-26-19(32-27-18)16-8-9-28(12-22(16,23)24)20(30)31-21(3,4)5/h6-7,10-11,13,16H,8-9,12H2,1-5H3. The van der Waals surface area contributed by atoms with Crippen molar-refractivity contribution in [3.8, 4) is 11.4 Å². The lowest BCUT2D eigenvalue weighted by Crippen LogP contribution is -2.51. The van der Waals surface area contributed by atoms with Gasteiger partial charge in [-0.05, 0) is 47.1 Å². The number of hydrogen-bond donors (Lipinski definition) is 0. The topological polar surface area (TPSA) is 86.3 Å². The molecule has 3 aromatic rings. The molecule has 1 aliphatic heterocycles. The Balaban J connectivity index is 1.54. The second-order valence-corrected chi connectivity index (χ2v) is 9.42. The minimum absolute atomic E-state index is 0.00691. The van der Waals surface area contributed by atoms with Gasteiger partial charge in [0.25, 0.3) is 5.92 Å². The predicted molar refractivity (Wildman–Crippen MR) is 114 cm³/mol. The van der Waals surface area contributed by atoms with E-state index in [1.54, 1.807) is 27.0 Å². The zero-order valence-electron chi connectivity index (χ0n) is 18.8. The first kappa shape index (κ1) is 22.2. The third-order valence-corrected chi connectivity index (χ3v) is 5.34. The molecule has 1 saturated heterocycles. The second kappa shape index (κ2) is 7.83. The molecule has 2 aromatic heterocycles. The number of ether oxygens (including phenoxy) is 1. The van der Waals surface area contributed by atoms with Crippen molar-refractivity contribution < 1.29 is 22.8 Å². The SMILES string of the molecule is CC(C)n1ncc2ccc(-c3noc(C4CCN(C(=O)OC(C)(C)C)CC4(F)F)n3)cc21. The molecule has 0 saturated carbocycles. The van der Waals surface area contributed by atoms with Gasteiger partial charge in [0.05, 0.1) is 18.3 Å². The Morgan fingerprint density at radius 2 is 2.06 bits per heavy atom. The summed E-state index contributed by atoms with van der Waals surface area (Å²) in [5, 5.41) is 9.29. The lowest BCUT2D eigenvalue weighted by atomic mass is 9.93. The van der Waals surface area contributed by atoms with Crippen LogP contribution in [0.4, 0.5) is 13.6 Å². The first-order valence-electron chi connectivity index (χ1n) is 10.6. The molecule has 1 fully saturated rings. The maximum atomic E-state index is 14.9. The van der Waals surface area contributed by atoms with Crippen LogP contribution < -0.4 is 0 Å². The van der Waals surface area contributed by atoms with Crippen LogP contribution in [0, 0.1) is 0 Å². The van der Waals surface area contributed by atoms with E-state index in [1.165, 1.54) is 0 Å². The zero-order chi connectivity index (χ0) is 23.3. The summed E-state index contributed by atoms with van der Waals surface area (Å²) in [5.74, 6) is -4.39. The number of fused-ring (bicyclic) bond motifs is 1. The number of piperidine rings is 1. The van der Waals surface area contributed by atoms with Crippen molar-refractivity contribution >= 4 is 17.0 Å². The number of carbonyl (C=O) groups excluding carboxylic acids is 1. The highest BCUT2D eigenvalue weighted by Crippen LogP contribution is 2.40. The Morgan fingerprint density at radius 3 is 2.72 bits per heavy atom. The number of nitrogens with zero attached hydrogens (tertiary/aromatic N) is 5. The van der Waals surface area contributed by atoms with E-state index >= 15 is 0 Å². The fourth-order valence-corrected chi connectivity index (χ4v) is 3.81. The Morgan fingerprint density at radius 1 is 1.31 bits per heavy atom. The van der Waals surface area contributed by atoms with Gasteiger partial charge >= 0.3 is 6.09 Å². The number of carbonyl (C=O) groups is 1. The number of alkyl halides is 2. The number of rotatable bonds is 3. The molecule has 0 N–H and O–H groups in total. The predicted octanol–water partition coefficient (Wildman–Crippen LogP) is 5.03. The molecule has 3 heterocycles. The van der Waals surface area contributed by atoms with Gasteiger partial charge < -0.3 is 14.2 Å². The van der Waals surface area contributed by atoms with Gasteiger partial charge in [-0.25, -0.2) is 13.6 Å². The van der Waals surface area contributed by atoms with Crippen LogP contribution in [0.1, 0.15) is 58.9 Å². The molecule has 1 atom stereocenters. The third kappa shape index (κ3) is 4.31. The molecule has 0 radical (unpaired) electrons. The highest BCUT2D eigenvalue weighted by atomic mass is 19.3. The van der Waals surface area contributed by atoms with Crippen molar-refractivity contribution in [2.45, 2.75) is 64.5 Å².